The van der Waals surface area contributed by atoms with Crippen molar-refractivity contribution in [1.29, 1.82) is 0 Å². The number of hydrogen-bond donors (Lipinski definition) is 1. The van der Waals surface area contributed by atoms with Crippen molar-refractivity contribution in [3.63, 3.8) is 0 Å². The van der Waals surface area contributed by atoms with Crippen molar-refractivity contribution in [2.45, 2.75) is 52.0 Å². The molecule has 0 amide bonds. The van der Waals surface area contributed by atoms with Gasteiger partial charge in [-0.05, 0) is 36.8 Å². The van der Waals surface area contributed by atoms with Crippen LogP contribution in [0, 0.1) is 0 Å². The van der Waals surface area contributed by atoms with E-state index in [1.807, 2.05) is 0 Å². The highest BCUT2D eigenvalue weighted by Gasteiger charge is 2.21. The standard InChI is InChI=1S/C14H23N.BrH/c1-4-12-9-7-8-10-13(12)11-14(15,5-2)6-3;/h7-10H,4-6,11,15H2,1-3H3;1H. The molecule has 1 aromatic rings. The predicted molar refractivity (Wildman–Crippen MR) is 77.3 cm³/mol. The number of rotatable bonds is 5. The molecule has 0 atom stereocenters. The molecule has 0 aliphatic heterocycles. The minimum atomic E-state index is -0.0225. The largest absolute Gasteiger partial charge is 0.325 e. The second-order valence-corrected chi connectivity index (χ2v) is 4.37. The van der Waals surface area contributed by atoms with E-state index < -0.39 is 0 Å². The summed E-state index contributed by atoms with van der Waals surface area (Å²) in [4.78, 5) is 0. The van der Waals surface area contributed by atoms with Crippen LogP contribution < -0.4 is 5.73 Å². The molecule has 0 aromatic heterocycles. The van der Waals surface area contributed by atoms with Gasteiger partial charge in [-0.25, -0.2) is 0 Å². The van der Waals surface area contributed by atoms with Gasteiger partial charge in [0, 0.05) is 5.54 Å². The van der Waals surface area contributed by atoms with Gasteiger partial charge < -0.3 is 5.73 Å². The Labute approximate surface area is 110 Å². The number of aryl methyl sites for hydroxylation is 1. The molecule has 92 valence electrons. The Kier molecular flexibility index (Phi) is 6.93. The van der Waals surface area contributed by atoms with Crippen LogP contribution in [0.25, 0.3) is 0 Å². The van der Waals surface area contributed by atoms with Gasteiger partial charge in [-0.3, -0.25) is 0 Å². The minimum absolute atomic E-state index is 0. The summed E-state index contributed by atoms with van der Waals surface area (Å²) in [7, 11) is 0. The van der Waals surface area contributed by atoms with Crippen LogP contribution in [0.3, 0.4) is 0 Å². The minimum Gasteiger partial charge on any atom is -0.325 e. The maximum Gasteiger partial charge on any atom is 0.0189 e. The molecule has 0 aliphatic carbocycles. The van der Waals surface area contributed by atoms with E-state index in [4.69, 9.17) is 5.73 Å². The Balaban J connectivity index is 0.00000225. The number of benzene rings is 1. The van der Waals surface area contributed by atoms with E-state index in [-0.39, 0.29) is 22.5 Å². The Hall–Kier alpha value is -0.340. The Morgan fingerprint density at radius 1 is 1.00 bits per heavy atom. The zero-order valence-electron chi connectivity index (χ0n) is 10.6. The maximum absolute atomic E-state index is 6.35. The van der Waals surface area contributed by atoms with Crippen molar-refractivity contribution in [3.05, 3.63) is 35.4 Å². The molecule has 0 saturated heterocycles. The van der Waals surface area contributed by atoms with Gasteiger partial charge in [0.25, 0.3) is 0 Å². The third kappa shape index (κ3) is 3.91. The second-order valence-electron chi connectivity index (χ2n) is 4.37. The van der Waals surface area contributed by atoms with Crippen LogP contribution in [0.1, 0.15) is 44.7 Å². The summed E-state index contributed by atoms with van der Waals surface area (Å²) < 4.78 is 0. The quantitative estimate of drug-likeness (QED) is 0.873. The molecular weight excluding hydrogens is 262 g/mol. The Morgan fingerprint density at radius 2 is 1.50 bits per heavy atom. The molecule has 2 heteroatoms. The van der Waals surface area contributed by atoms with Crippen LogP contribution >= 0.6 is 17.0 Å². The van der Waals surface area contributed by atoms with E-state index in [9.17, 15) is 0 Å². The number of hydrogen-bond acceptors (Lipinski definition) is 1. The first kappa shape index (κ1) is 15.7. The molecule has 0 saturated carbocycles. The summed E-state index contributed by atoms with van der Waals surface area (Å²) in [6.07, 6.45) is 4.19. The zero-order valence-corrected chi connectivity index (χ0v) is 12.3. The molecular formula is C14H24BrN. The van der Waals surface area contributed by atoms with Crippen LogP contribution in [0.4, 0.5) is 0 Å². The van der Waals surface area contributed by atoms with Crippen molar-refractivity contribution in [2.24, 2.45) is 5.73 Å². The van der Waals surface area contributed by atoms with Crippen molar-refractivity contribution in [3.8, 4) is 0 Å². The Bertz CT molecular complexity index is 305. The van der Waals surface area contributed by atoms with Crippen molar-refractivity contribution in [2.75, 3.05) is 0 Å². The third-order valence-electron chi connectivity index (χ3n) is 3.45. The van der Waals surface area contributed by atoms with E-state index >= 15 is 0 Å². The van der Waals surface area contributed by atoms with Crippen LogP contribution in [-0.2, 0) is 12.8 Å². The monoisotopic (exact) mass is 285 g/mol. The predicted octanol–water partition coefficient (Wildman–Crippen LogP) is 3.89. The molecule has 0 radical (unpaired) electrons. The van der Waals surface area contributed by atoms with Crippen LogP contribution in [0.2, 0.25) is 0 Å². The molecule has 1 rings (SSSR count). The lowest BCUT2D eigenvalue weighted by Gasteiger charge is -2.27. The summed E-state index contributed by atoms with van der Waals surface area (Å²) in [5, 5.41) is 0. The molecule has 1 nitrogen and oxygen atoms in total. The molecule has 0 bridgehead atoms. The van der Waals surface area contributed by atoms with E-state index in [2.05, 4.69) is 45.0 Å². The van der Waals surface area contributed by atoms with Crippen molar-refractivity contribution < 1.29 is 0 Å². The lowest BCUT2D eigenvalue weighted by molar-refractivity contribution is 0.392. The number of halogens is 1. The first-order valence-electron chi connectivity index (χ1n) is 6.01. The molecule has 0 unspecified atom stereocenters. The van der Waals surface area contributed by atoms with Gasteiger partial charge in [-0.15, -0.1) is 17.0 Å². The highest BCUT2D eigenvalue weighted by molar-refractivity contribution is 8.93. The summed E-state index contributed by atoms with van der Waals surface area (Å²) in [6.45, 7) is 6.56. The fourth-order valence-electron chi connectivity index (χ4n) is 1.95. The average molecular weight is 286 g/mol. The van der Waals surface area contributed by atoms with E-state index in [1.165, 1.54) is 11.1 Å². The second kappa shape index (κ2) is 7.08. The molecule has 0 spiro atoms. The van der Waals surface area contributed by atoms with Crippen molar-refractivity contribution in [1.82, 2.24) is 0 Å². The van der Waals surface area contributed by atoms with Gasteiger partial charge in [0.1, 0.15) is 0 Å². The lowest BCUT2D eigenvalue weighted by atomic mass is 9.85. The summed E-state index contributed by atoms with van der Waals surface area (Å²) in [5.41, 5.74) is 9.19. The van der Waals surface area contributed by atoms with E-state index in [0.717, 1.165) is 25.7 Å². The highest BCUT2D eigenvalue weighted by Crippen LogP contribution is 2.21. The van der Waals surface area contributed by atoms with Gasteiger partial charge in [-0.2, -0.15) is 0 Å². The fraction of sp³-hybridized carbons (Fsp3) is 0.571. The van der Waals surface area contributed by atoms with E-state index in [1.54, 1.807) is 0 Å². The molecule has 0 heterocycles. The Morgan fingerprint density at radius 3 is 1.94 bits per heavy atom. The summed E-state index contributed by atoms with van der Waals surface area (Å²) >= 11 is 0. The first-order chi connectivity index (χ1) is 7.15. The smallest absolute Gasteiger partial charge is 0.0189 e. The fourth-order valence-corrected chi connectivity index (χ4v) is 1.95. The van der Waals surface area contributed by atoms with Crippen LogP contribution in [-0.4, -0.2) is 5.54 Å². The average Bonchev–Trinajstić information content (AvgIpc) is 2.29. The van der Waals surface area contributed by atoms with Crippen LogP contribution in [0.5, 0.6) is 0 Å². The molecule has 0 fully saturated rings. The lowest BCUT2D eigenvalue weighted by Crippen LogP contribution is -2.40. The van der Waals surface area contributed by atoms with Gasteiger partial charge in [-0.1, -0.05) is 45.0 Å². The topological polar surface area (TPSA) is 26.0 Å². The third-order valence-corrected chi connectivity index (χ3v) is 3.45. The van der Waals surface area contributed by atoms with Gasteiger partial charge in [0.15, 0.2) is 0 Å². The van der Waals surface area contributed by atoms with Crippen molar-refractivity contribution >= 4 is 17.0 Å². The van der Waals surface area contributed by atoms with Gasteiger partial charge in [0.05, 0.1) is 0 Å². The normalized spacial score (nSPS) is 11.0. The molecule has 16 heavy (non-hydrogen) atoms. The SMILES string of the molecule is Br.CCc1ccccc1CC(N)(CC)CC. The first-order valence-corrected chi connectivity index (χ1v) is 6.01. The van der Waals surface area contributed by atoms with Gasteiger partial charge in [0.2, 0.25) is 0 Å². The maximum atomic E-state index is 6.35. The van der Waals surface area contributed by atoms with Gasteiger partial charge >= 0.3 is 0 Å². The molecule has 1 aromatic carbocycles. The van der Waals surface area contributed by atoms with E-state index in [0.29, 0.717) is 0 Å². The summed E-state index contributed by atoms with van der Waals surface area (Å²) in [6, 6.07) is 8.64. The van der Waals surface area contributed by atoms with Crippen LogP contribution in [0.15, 0.2) is 24.3 Å². The molecule has 2 N–H and O–H groups in total. The highest BCUT2D eigenvalue weighted by atomic mass is 79.9. The summed E-state index contributed by atoms with van der Waals surface area (Å²) in [5.74, 6) is 0. The molecule has 0 aliphatic rings. The zero-order chi connectivity index (χ0) is 11.3. The number of nitrogens with two attached hydrogens (primary N) is 1.